The Bertz CT molecular complexity index is 312. The topological polar surface area (TPSA) is 0 Å². The van der Waals surface area contributed by atoms with Gasteiger partial charge in [0.1, 0.15) is 0 Å². The number of allylic oxidation sites excluding steroid dienone is 4. The van der Waals surface area contributed by atoms with Crippen LogP contribution in [0.3, 0.4) is 0 Å². The monoisotopic (exact) mass is 202 g/mol. The van der Waals surface area contributed by atoms with Gasteiger partial charge in [-0.25, -0.2) is 0 Å². The Balaban J connectivity index is 1.82. The Hall–Kier alpha value is -0.520. The molecule has 1 fully saturated rings. The summed E-state index contributed by atoms with van der Waals surface area (Å²) >= 11 is 0. The first-order valence-corrected chi connectivity index (χ1v) is 6.52. The van der Waals surface area contributed by atoms with Gasteiger partial charge >= 0.3 is 0 Å². The second-order valence-electron chi connectivity index (χ2n) is 6.35. The number of hydrogen-bond acceptors (Lipinski definition) is 0. The van der Waals surface area contributed by atoms with Gasteiger partial charge in [0, 0.05) is 0 Å². The molecule has 0 aliphatic heterocycles. The fourth-order valence-electron chi connectivity index (χ4n) is 4.34. The van der Waals surface area contributed by atoms with Crippen LogP contribution in [0.4, 0.5) is 0 Å². The standard InChI is InChI=1S/C15H22/c1-11-4-3-7-15(2,10-11)14-9-12-5-6-13(14)8-12/h3-6,11-14H,7-10H2,1-2H3. The summed E-state index contributed by atoms with van der Waals surface area (Å²) in [4.78, 5) is 0. The van der Waals surface area contributed by atoms with Gasteiger partial charge in [-0.2, -0.15) is 0 Å². The van der Waals surface area contributed by atoms with Crippen LogP contribution < -0.4 is 0 Å². The fourth-order valence-corrected chi connectivity index (χ4v) is 4.34. The molecular weight excluding hydrogens is 180 g/mol. The van der Waals surface area contributed by atoms with Crippen LogP contribution in [0.2, 0.25) is 0 Å². The third-order valence-electron chi connectivity index (χ3n) is 5.01. The summed E-state index contributed by atoms with van der Waals surface area (Å²) in [5, 5.41) is 0. The van der Waals surface area contributed by atoms with Crippen molar-refractivity contribution in [1.29, 1.82) is 0 Å². The first kappa shape index (κ1) is 9.69. The summed E-state index contributed by atoms with van der Waals surface area (Å²) in [6.07, 6.45) is 15.5. The Labute approximate surface area is 93.5 Å². The van der Waals surface area contributed by atoms with E-state index in [1.54, 1.807) is 0 Å². The molecule has 1 saturated carbocycles. The molecule has 0 aromatic carbocycles. The molecule has 0 aromatic heterocycles. The van der Waals surface area contributed by atoms with Gasteiger partial charge in [0.05, 0.1) is 0 Å². The molecule has 0 heterocycles. The van der Waals surface area contributed by atoms with Crippen molar-refractivity contribution in [3.05, 3.63) is 24.3 Å². The fraction of sp³-hybridized carbons (Fsp3) is 0.733. The molecule has 2 bridgehead atoms. The predicted octanol–water partition coefficient (Wildman–Crippen LogP) is 4.19. The van der Waals surface area contributed by atoms with Gasteiger partial charge in [0.15, 0.2) is 0 Å². The summed E-state index contributed by atoms with van der Waals surface area (Å²) in [6, 6.07) is 0. The van der Waals surface area contributed by atoms with Gasteiger partial charge in [-0.1, -0.05) is 38.2 Å². The zero-order chi connectivity index (χ0) is 10.5. The molecule has 0 saturated heterocycles. The van der Waals surface area contributed by atoms with Gasteiger partial charge in [-0.3, -0.25) is 0 Å². The lowest BCUT2D eigenvalue weighted by Crippen LogP contribution is -2.33. The SMILES string of the molecule is CC1C=CCC(C)(C2CC3C=CC2C3)C1. The highest BCUT2D eigenvalue weighted by atomic mass is 14.5. The average Bonchev–Trinajstić information content (AvgIpc) is 2.78. The third kappa shape index (κ3) is 1.49. The van der Waals surface area contributed by atoms with Crippen LogP contribution in [0.5, 0.6) is 0 Å². The minimum Gasteiger partial charge on any atom is -0.0877 e. The number of rotatable bonds is 1. The van der Waals surface area contributed by atoms with Crippen molar-refractivity contribution in [3.8, 4) is 0 Å². The molecule has 0 spiro atoms. The molecule has 82 valence electrons. The minimum absolute atomic E-state index is 0.596. The summed E-state index contributed by atoms with van der Waals surface area (Å²) in [6.45, 7) is 4.91. The second-order valence-corrected chi connectivity index (χ2v) is 6.35. The van der Waals surface area contributed by atoms with Gasteiger partial charge in [-0.15, -0.1) is 0 Å². The van der Waals surface area contributed by atoms with Gasteiger partial charge < -0.3 is 0 Å². The first-order valence-electron chi connectivity index (χ1n) is 6.52. The lowest BCUT2D eigenvalue weighted by molar-refractivity contribution is 0.122. The molecule has 0 amide bonds. The van der Waals surface area contributed by atoms with Crippen LogP contribution in [-0.2, 0) is 0 Å². The predicted molar refractivity (Wildman–Crippen MR) is 64.5 cm³/mol. The Morgan fingerprint density at radius 3 is 2.60 bits per heavy atom. The summed E-state index contributed by atoms with van der Waals surface area (Å²) in [7, 11) is 0. The maximum Gasteiger partial charge on any atom is -0.0194 e. The Morgan fingerprint density at radius 1 is 1.13 bits per heavy atom. The normalized spacial score (nSPS) is 52.7. The van der Waals surface area contributed by atoms with Crippen molar-refractivity contribution in [2.24, 2.45) is 29.1 Å². The van der Waals surface area contributed by atoms with E-state index in [1.807, 2.05) is 0 Å². The van der Waals surface area contributed by atoms with Crippen LogP contribution >= 0.6 is 0 Å². The Morgan fingerprint density at radius 2 is 2.00 bits per heavy atom. The molecule has 0 aromatic rings. The lowest BCUT2D eigenvalue weighted by atomic mass is 9.63. The van der Waals surface area contributed by atoms with Crippen molar-refractivity contribution in [3.63, 3.8) is 0 Å². The maximum absolute atomic E-state index is 2.53. The highest BCUT2D eigenvalue weighted by Gasteiger charge is 2.46. The third-order valence-corrected chi connectivity index (χ3v) is 5.01. The van der Waals surface area contributed by atoms with Gasteiger partial charge in [-0.05, 0) is 54.8 Å². The van der Waals surface area contributed by atoms with Crippen molar-refractivity contribution in [1.82, 2.24) is 0 Å². The quantitative estimate of drug-likeness (QED) is 0.559. The summed E-state index contributed by atoms with van der Waals surface area (Å²) < 4.78 is 0. The van der Waals surface area contributed by atoms with Crippen LogP contribution in [0.1, 0.15) is 39.5 Å². The van der Waals surface area contributed by atoms with E-state index in [2.05, 4.69) is 38.2 Å². The zero-order valence-electron chi connectivity index (χ0n) is 9.95. The molecule has 0 heteroatoms. The maximum atomic E-state index is 2.53. The summed E-state index contributed by atoms with van der Waals surface area (Å²) in [5.41, 5.74) is 0.596. The van der Waals surface area contributed by atoms with Crippen LogP contribution in [0.25, 0.3) is 0 Å². The van der Waals surface area contributed by atoms with Crippen molar-refractivity contribution < 1.29 is 0 Å². The van der Waals surface area contributed by atoms with E-state index >= 15 is 0 Å². The number of fused-ring (bicyclic) bond motifs is 2. The van der Waals surface area contributed by atoms with E-state index in [0.717, 1.165) is 23.7 Å². The summed E-state index contributed by atoms with van der Waals surface area (Å²) in [5.74, 6) is 3.61. The minimum atomic E-state index is 0.596. The Kier molecular flexibility index (Phi) is 2.09. The van der Waals surface area contributed by atoms with Gasteiger partial charge in [0.2, 0.25) is 0 Å². The highest BCUT2D eigenvalue weighted by molar-refractivity contribution is 5.15. The molecular formula is C15H22. The molecule has 5 atom stereocenters. The van der Waals surface area contributed by atoms with E-state index in [0.29, 0.717) is 5.41 Å². The van der Waals surface area contributed by atoms with E-state index in [4.69, 9.17) is 0 Å². The molecule has 3 aliphatic rings. The van der Waals surface area contributed by atoms with Crippen LogP contribution in [0, 0.1) is 29.1 Å². The highest BCUT2D eigenvalue weighted by Crippen LogP contribution is 2.55. The van der Waals surface area contributed by atoms with E-state index in [-0.39, 0.29) is 0 Å². The zero-order valence-corrected chi connectivity index (χ0v) is 9.95. The van der Waals surface area contributed by atoms with E-state index in [1.165, 1.54) is 25.7 Å². The van der Waals surface area contributed by atoms with Crippen LogP contribution in [-0.4, -0.2) is 0 Å². The molecule has 3 aliphatic carbocycles. The van der Waals surface area contributed by atoms with E-state index in [9.17, 15) is 0 Å². The number of hydrogen-bond donors (Lipinski definition) is 0. The molecule has 15 heavy (non-hydrogen) atoms. The van der Waals surface area contributed by atoms with Crippen molar-refractivity contribution >= 4 is 0 Å². The molecule has 0 N–H and O–H groups in total. The van der Waals surface area contributed by atoms with Gasteiger partial charge in [0.25, 0.3) is 0 Å². The second kappa shape index (κ2) is 3.23. The first-order chi connectivity index (χ1) is 7.17. The van der Waals surface area contributed by atoms with Crippen molar-refractivity contribution in [2.75, 3.05) is 0 Å². The molecule has 0 radical (unpaired) electrons. The van der Waals surface area contributed by atoms with E-state index < -0.39 is 0 Å². The largest absolute Gasteiger partial charge is 0.0877 e. The average molecular weight is 202 g/mol. The van der Waals surface area contributed by atoms with Crippen molar-refractivity contribution in [2.45, 2.75) is 39.5 Å². The molecule has 3 rings (SSSR count). The van der Waals surface area contributed by atoms with Crippen LogP contribution in [0.15, 0.2) is 24.3 Å². The molecule has 5 unspecified atom stereocenters. The smallest absolute Gasteiger partial charge is 0.0194 e. The molecule has 0 nitrogen and oxygen atoms in total. The lowest BCUT2D eigenvalue weighted by Gasteiger charge is -2.42.